The molecule has 33 heavy (non-hydrogen) atoms. The fourth-order valence-corrected chi connectivity index (χ4v) is 4.44. The number of aromatic nitrogens is 2. The zero-order valence-corrected chi connectivity index (χ0v) is 18.6. The molecule has 0 spiro atoms. The molecular formula is C26H26N4O3. The first-order valence-corrected chi connectivity index (χ1v) is 11.2. The van der Waals surface area contributed by atoms with Crippen LogP contribution >= 0.6 is 0 Å². The fourth-order valence-electron chi connectivity index (χ4n) is 4.44. The minimum atomic E-state index is -0.00117. The predicted octanol–water partition coefficient (Wildman–Crippen LogP) is 4.36. The van der Waals surface area contributed by atoms with E-state index >= 15 is 0 Å². The van der Waals surface area contributed by atoms with Gasteiger partial charge in [-0.3, -0.25) is 9.69 Å². The lowest BCUT2D eigenvalue weighted by atomic mass is 9.98. The average molecular weight is 443 g/mol. The molecule has 0 saturated carbocycles. The highest BCUT2D eigenvalue weighted by Gasteiger charge is 2.19. The van der Waals surface area contributed by atoms with E-state index in [4.69, 9.17) is 9.37 Å². The second-order valence-corrected chi connectivity index (χ2v) is 8.35. The first-order chi connectivity index (χ1) is 16.2. The van der Waals surface area contributed by atoms with Crippen molar-refractivity contribution in [3.8, 4) is 5.75 Å². The molecule has 7 nitrogen and oxygen atoms in total. The van der Waals surface area contributed by atoms with Gasteiger partial charge in [-0.05, 0) is 69.7 Å². The van der Waals surface area contributed by atoms with Gasteiger partial charge in [0, 0.05) is 31.7 Å². The molecular weight excluding hydrogens is 416 g/mol. The third kappa shape index (κ3) is 4.73. The Morgan fingerprint density at radius 2 is 1.94 bits per heavy atom. The normalized spacial score (nSPS) is 13.6. The molecule has 4 aromatic rings. The van der Waals surface area contributed by atoms with Crippen LogP contribution in [0.4, 0.5) is 5.69 Å². The number of aryl methyl sites for hydroxylation is 1. The molecule has 2 heterocycles. The zero-order chi connectivity index (χ0) is 22.6. The van der Waals surface area contributed by atoms with Crippen molar-refractivity contribution in [3.05, 3.63) is 82.9 Å². The Morgan fingerprint density at radius 3 is 2.85 bits per heavy atom. The lowest BCUT2D eigenvalue weighted by molar-refractivity contribution is -0.116. The Bertz CT molecular complexity index is 1280. The van der Waals surface area contributed by atoms with Gasteiger partial charge >= 0.3 is 0 Å². The van der Waals surface area contributed by atoms with E-state index in [0.717, 1.165) is 59.7 Å². The zero-order valence-electron chi connectivity index (χ0n) is 18.6. The number of carbonyl (C=O) groups excluding carboxylic acids is 1. The monoisotopic (exact) mass is 442 g/mol. The summed E-state index contributed by atoms with van der Waals surface area (Å²) in [5.41, 5.74) is 7.16. The largest absolute Gasteiger partial charge is 0.496 e. The van der Waals surface area contributed by atoms with E-state index in [-0.39, 0.29) is 5.91 Å². The molecule has 0 radical (unpaired) electrons. The second kappa shape index (κ2) is 9.42. The van der Waals surface area contributed by atoms with Crippen LogP contribution in [0.25, 0.3) is 11.0 Å². The number of para-hydroxylation sites is 1. The molecule has 0 saturated heterocycles. The second-order valence-electron chi connectivity index (χ2n) is 8.35. The van der Waals surface area contributed by atoms with Crippen LogP contribution in [0, 0.1) is 0 Å². The number of fused-ring (bicyclic) bond motifs is 2. The molecule has 3 aromatic carbocycles. The predicted molar refractivity (Wildman–Crippen MR) is 126 cm³/mol. The Labute approximate surface area is 192 Å². The van der Waals surface area contributed by atoms with Gasteiger partial charge in [-0.15, -0.1) is 0 Å². The van der Waals surface area contributed by atoms with E-state index in [1.807, 2.05) is 42.5 Å². The van der Waals surface area contributed by atoms with E-state index in [9.17, 15) is 4.79 Å². The number of hydrogen-bond acceptors (Lipinski definition) is 6. The van der Waals surface area contributed by atoms with E-state index in [0.29, 0.717) is 12.8 Å². The van der Waals surface area contributed by atoms with Crippen LogP contribution in [0.2, 0.25) is 0 Å². The quantitative estimate of drug-likeness (QED) is 0.458. The molecule has 168 valence electrons. The fraction of sp³-hybridized carbons (Fsp3) is 0.269. The molecule has 5 rings (SSSR count). The van der Waals surface area contributed by atoms with Crippen LogP contribution in [-0.2, 0) is 30.7 Å². The van der Waals surface area contributed by atoms with E-state index in [1.54, 1.807) is 7.11 Å². The third-order valence-electron chi connectivity index (χ3n) is 6.16. The van der Waals surface area contributed by atoms with Gasteiger partial charge in [0.25, 0.3) is 0 Å². The van der Waals surface area contributed by atoms with Gasteiger partial charge in [0.2, 0.25) is 5.91 Å². The summed E-state index contributed by atoms with van der Waals surface area (Å²) in [6.07, 6.45) is 2.01. The number of methoxy groups -OCH3 is 1. The van der Waals surface area contributed by atoms with E-state index in [2.05, 4.69) is 38.7 Å². The summed E-state index contributed by atoms with van der Waals surface area (Å²) in [6.45, 7) is 2.57. The topological polar surface area (TPSA) is 80.5 Å². The van der Waals surface area contributed by atoms with Crippen LogP contribution in [0.5, 0.6) is 5.75 Å². The highest BCUT2D eigenvalue weighted by atomic mass is 16.6. The lowest BCUT2D eigenvalue weighted by Gasteiger charge is -2.29. The number of nitrogens with one attached hydrogen (secondary N) is 1. The summed E-state index contributed by atoms with van der Waals surface area (Å²) < 4.78 is 10.3. The molecule has 7 heteroatoms. The van der Waals surface area contributed by atoms with Crippen LogP contribution in [0.3, 0.4) is 0 Å². The number of amides is 1. The Hall–Kier alpha value is -3.71. The van der Waals surface area contributed by atoms with Crippen LogP contribution in [0.15, 0.2) is 65.3 Å². The molecule has 1 aromatic heterocycles. The standard InChI is InChI=1S/C26H26N4O3/c1-32-24-8-3-2-5-19(24)10-12-25(31)27-22-11-9-18-13-14-30(17-21(18)15-22)16-20-6-4-7-23-26(20)29-33-28-23/h2-9,11,15H,10,12-14,16-17H2,1H3,(H,27,31). The molecule has 1 aliphatic heterocycles. The van der Waals surface area contributed by atoms with Crippen LogP contribution in [0.1, 0.15) is 28.7 Å². The molecule has 0 unspecified atom stereocenters. The maximum atomic E-state index is 12.6. The van der Waals surface area contributed by atoms with Gasteiger partial charge in [-0.1, -0.05) is 36.4 Å². The maximum absolute atomic E-state index is 12.6. The third-order valence-corrected chi connectivity index (χ3v) is 6.16. The first kappa shape index (κ1) is 21.2. The maximum Gasteiger partial charge on any atom is 0.224 e. The summed E-state index contributed by atoms with van der Waals surface area (Å²) in [4.78, 5) is 15.0. The minimum Gasteiger partial charge on any atom is -0.496 e. The molecule has 0 atom stereocenters. The van der Waals surface area contributed by atoms with E-state index in [1.165, 1.54) is 11.1 Å². The van der Waals surface area contributed by atoms with E-state index < -0.39 is 0 Å². The van der Waals surface area contributed by atoms with Crippen LogP contribution < -0.4 is 10.1 Å². The number of hydrogen-bond donors (Lipinski definition) is 1. The van der Waals surface area contributed by atoms with Crippen molar-refractivity contribution in [2.75, 3.05) is 19.0 Å². The van der Waals surface area contributed by atoms with Crippen molar-refractivity contribution in [1.82, 2.24) is 15.2 Å². The van der Waals surface area contributed by atoms with Crippen molar-refractivity contribution in [1.29, 1.82) is 0 Å². The van der Waals surface area contributed by atoms with Gasteiger partial charge in [-0.2, -0.15) is 0 Å². The number of ether oxygens (including phenoxy) is 1. The van der Waals surface area contributed by atoms with Crippen molar-refractivity contribution in [2.45, 2.75) is 32.4 Å². The van der Waals surface area contributed by atoms with Crippen molar-refractivity contribution < 1.29 is 14.2 Å². The number of carbonyl (C=O) groups is 1. The SMILES string of the molecule is COc1ccccc1CCC(=O)Nc1ccc2c(c1)CN(Cc1cccc3nonc13)CC2. The Morgan fingerprint density at radius 1 is 1.06 bits per heavy atom. The molecule has 1 aliphatic rings. The van der Waals surface area contributed by atoms with Gasteiger partial charge in [0.1, 0.15) is 16.8 Å². The summed E-state index contributed by atoms with van der Waals surface area (Å²) >= 11 is 0. The minimum absolute atomic E-state index is 0.00117. The van der Waals surface area contributed by atoms with Crippen LogP contribution in [-0.4, -0.2) is 34.8 Å². The summed E-state index contributed by atoms with van der Waals surface area (Å²) in [5, 5.41) is 11.1. The number of rotatable bonds is 7. The lowest BCUT2D eigenvalue weighted by Crippen LogP contribution is -2.30. The van der Waals surface area contributed by atoms with Crippen molar-refractivity contribution in [3.63, 3.8) is 0 Å². The Balaban J connectivity index is 1.22. The molecule has 0 fully saturated rings. The molecule has 1 amide bonds. The van der Waals surface area contributed by atoms with Gasteiger partial charge in [-0.25, -0.2) is 4.63 Å². The summed E-state index contributed by atoms with van der Waals surface area (Å²) in [6, 6.07) is 20.0. The molecule has 1 N–H and O–H groups in total. The number of nitrogens with zero attached hydrogens (tertiary/aromatic N) is 3. The Kier molecular flexibility index (Phi) is 6.04. The average Bonchev–Trinajstić information content (AvgIpc) is 3.33. The summed E-state index contributed by atoms with van der Waals surface area (Å²) in [7, 11) is 1.65. The highest BCUT2D eigenvalue weighted by molar-refractivity contribution is 5.91. The van der Waals surface area contributed by atoms with Crippen molar-refractivity contribution in [2.24, 2.45) is 0 Å². The molecule has 0 bridgehead atoms. The number of benzene rings is 3. The van der Waals surface area contributed by atoms with Gasteiger partial charge in [0.15, 0.2) is 0 Å². The highest BCUT2D eigenvalue weighted by Crippen LogP contribution is 2.26. The molecule has 0 aliphatic carbocycles. The van der Waals surface area contributed by atoms with Gasteiger partial charge < -0.3 is 10.1 Å². The number of anilines is 1. The smallest absolute Gasteiger partial charge is 0.224 e. The van der Waals surface area contributed by atoms with Gasteiger partial charge in [0.05, 0.1) is 7.11 Å². The van der Waals surface area contributed by atoms with Crippen molar-refractivity contribution >= 4 is 22.6 Å². The first-order valence-electron chi connectivity index (χ1n) is 11.2. The summed E-state index contributed by atoms with van der Waals surface area (Å²) in [5.74, 6) is 0.815.